The van der Waals surface area contributed by atoms with E-state index in [0.29, 0.717) is 16.6 Å². The first-order valence-corrected chi connectivity index (χ1v) is 6.94. The van der Waals surface area contributed by atoms with Crippen LogP contribution in [0.25, 0.3) is 11.3 Å². The molecule has 0 bridgehead atoms. The van der Waals surface area contributed by atoms with Crippen molar-refractivity contribution in [1.29, 1.82) is 5.26 Å². The van der Waals surface area contributed by atoms with Crippen molar-refractivity contribution in [2.45, 2.75) is 6.61 Å². The molecule has 6 nitrogen and oxygen atoms in total. The van der Waals surface area contributed by atoms with E-state index in [9.17, 15) is 0 Å². The molecule has 0 unspecified atom stereocenters. The van der Waals surface area contributed by atoms with Gasteiger partial charge in [0.25, 0.3) is 0 Å². The highest BCUT2D eigenvalue weighted by molar-refractivity contribution is 8.13. The van der Waals surface area contributed by atoms with Gasteiger partial charge in [-0.05, 0) is 18.4 Å². The molecule has 0 aliphatic rings. The third-order valence-electron chi connectivity index (χ3n) is 2.46. The number of aliphatic hydroxyl groups is 1. The Morgan fingerprint density at radius 3 is 2.80 bits per heavy atom. The number of aliphatic imine (C=N–C) groups is 1. The fraction of sp³-hybridized carbons (Fsp3) is 0.154. The van der Waals surface area contributed by atoms with Crippen molar-refractivity contribution < 1.29 is 9.63 Å². The Balaban J connectivity index is 2.20. The third kappa shape index (κ3) is 3.38. The zero-order valence-corrected chi connectivity index (χ0v) is 11.5. The summed E-state index contributed by atoms with van der Waals surface area (Å²) in [7, 11) is 0. The Kier molecular flexibility index (Phi) is 4.76. The van der Waals surface area contributed by atoms with Crippen molar-refractivity contribution in [2.24, 2.45) is 4.99 Å². The highest BCUT2D eigenvalue weighted by atomic mass is 32.2. The first-order valence-electron chi connectivity index (χ1n) is 5.71. The van der Waals surface area contributed by atoms with Crippen LogP contribution in [0.5, 0.6) is 0 Å². The number of hydrogen-bond donors (Lipinski definition) is 2. The standard InChI is InChI=1S/C13H12N4O2S/c1-20-13(15-8-14)16-10-4-2-9(3-5-10)12-6-11(7-18)19-17-12/h2-6,18H,7H2,1H3,(H,15,16). The highest BCUT2D eigenvalue weighted by Crippen LogP contribution is 2.23. The van der Waals surface area contributed by atoms with Crippen LogP contribution in [0.15, 0.2) is 39.8 Å². The zero-order chi connectivity index (χ0) is 14.4. The van der Waals surface area contributed by atoms with Gasteiger partial charge in [-0.15, -0.1) is 0 Å². The van der Waals surface area contributed by atoms with Gasteiger partial charge in [-0.25, -0.2) is 4.99 Å². The Hall–Kier alpha value is -2.30. The van der Waals surface area contributed by atoms with E-state index in [4.69, 9.17) is 14.9 Å². The van der Waals surface area contributed by atoms with E-state index in [2.05, 4.69) is 15.5 Å². The van der Waals surface area contributed by atoms with E-state index < -0.39 is 0 Å². The van der Waals surface area contributed by atoms with Crippen LogP contribution in [-0.4, -0.2) is 21.7 Å². The average Bonchev–Trinajstić information content (AvgIpc) is 2.96. The molecule has 0 saturated heterocycles. The van der Waals surface area contributed by atoms with Crippen molar-refractivity contribution in [3.8, 4) is 17.5 Å². The Bertz CT molecular complexity index is 643. The van der Waals surface area contributed by atoms with Crippen LogP contribution in [0.2, 0.25) is 0 Å². The van der Waals surface area contributed by atoms with Gasteiger partial charge in [-0.3, -0.25) is 5.32 Å². The number of nitriles is 1. The Labute approximate surface area is 120 Å². The molecule has 20 heavy (non-hydrogen) atoms. The number of rotatable bonds is 3. The predicted molar refractivity (Wildman–Crippen MR) is 77.2 cm³/mol. The second kappa shape index (κ2) is 6.75. The van der Waals surface area contributed by atoms with Gasteiger partial charge in [0.15, 0.2) is 17.1 Å². The molecule has 2 aromatic rings. The molecule has 1 heterocycles. The minimum atomic E-state index is -0.174. The SMILES string of the molecule is CSC(=Nc1ccc(-c2cc(CO)on2)cc1)NC#N. The van der Waals surface area contributed by atoms with Crippen molar-refractivity contribution in [1.82, 2.24) is 10.5 Å². The van der Waals surface area contributed by atoms with Crippen LogP contribution >= 0.6 is 11.8 Å². The summed E-state index contributed by atoms with van der Waals surface area (Å²) in [5.74, 6) is 0.421. The summed E-state index contributed by atoms with van der Waals surface area (Å²) in [6, 6.07) is 9.02. The maximum atomic E-state index is 8.93. The maximum Gasteiger partial charge on any atom is 0.183 e. The number of amidine groups is 1. The quantitative estimate of drug-likeness (QED) is 0.389. The molecule has 7 heteroatoms. The lowest BCUT2D eigenvalue weighted by Gasteiger charge is -2.00. The Morgan fingerprint density at radius 2 is 2.25 bits per heavy atom. The minimum absolute atomic E-state index is 0.174. The number of nitrogens with zero attached hydrogens (tertiary/aromatic N) is 3. The number of thioether (sulfide) groups is 1. The molecule has 0 fully saturated rings. The monoisotopic (exact) mass is 288 g/mol. The number of aromatic nitrogens is 1. The minimum Gasteiger partial charge on any atom is -0.388 e. The van der Waals surface area contributed by atoms with Crippen LogP contribution in [0.1, 0.15) is 5.76 Å². The predicted octanol–water partition coefficient (Wildman–Crippen LogP) is 2.26. The second-order valence-corrected chi connectivity index (χ2v) is 4.54. The normalized spacial score (nSPS) is 11.2. The van der Waals surface area contributed by atoms with E-state index in [-0.39, 0.29) is 6.61 Å². The summed E-state index contributed by atoms with van der Waals surface area (Å²) in [4.78, 5) is 4.29. The van der Waals surface area contributed by atoms with E-state index in [0.717, 1.165) is 11.3 Å². The molecule has 0 radical (unpaired) electrons. The largest absolute Gasteiger partial charge is 0.388 e. The fourth-order valence-corrected chi connectivity index (χ4v) is 1.86. The van der Waals surface area contributed by atoms with Crippen molar-refractivity contribution in [3.63, 3.8) is 0 Å². The first kappa shape index (κ1) is 14.1. The topological polar surface area (TPSA) is 94.4 Å². The lowest BCUT2D eigenvalue weighted by molar-refractivity contribution is 0.229. The molecule has 0 aliphatic carbocycles. The van der Waals surface area contributed by atoms with Crippen molar-refractivity contribution in [3.05, 3.63) is 36.1 Å². The summed E-state index contributed by atoms with van der Waals surface area (Å²) in [6.45, 7) is -0.174. The molecule has 0 aliphatic heterocycles. The van der Waals surface area contributed by atoms with Crippen LogP contribution in [0.4, 0.5) is 5.69 Å². The van der Waals surface area contributed by atoms with E-state index in [1.54, 1.807) is 6.07 Å². The van der Waals surface area contributed by atoms with E-state index in [1.807, 2.05) is 36.7 Å². The van der Waals surface area contributed by atoms with Gasteiger partial charge >= 0.3 is 0 Å². The highest BCUT2D eigenvalue weighted by Gasteiger charge is 2.05. The summed E-state index contributed by atoms with van der Waals surface area (Å²) in [5.41, 5.74) is 2.25. The van der Waals surface area contributed by atoms with Gasteiger partial charge in [0.2, 0.25) is 0 Å². The second-order valence-electron chi connectivity index (χ2n) is 3.74. The van der Waals surface area contributed by atoms with E-state index in [1.165, 1.54) is 11.8 Å². The zero-order valence-electron chi connectivity index (χ0n) is 10.7. The molecule has 1 aromatic carbocycles. The molecule has 1 aromatic heterocycles. The average molecular weight is 288 g/mol. The third-order valence-corrected chi connectivity index (χ3v) is 3.04. The van der Waals surface area contributed by atoms with E-state index >= 15 is 0 Å². The Morgan fingerprint density at radius 1 is 1.50 bits per heavy atom. The smallest absolute Gasteiger partial charge is 0.183 e. The number of benzene rings is 1. The van der Waals surface area contributed by atoms with Crippen LogP contribution < -0.4 is 5.32 Å². The van der Waals surface area contributed by atoms with Crippen LogP contribution in [0.3, 0.4) is 0 Å². The molecule has 0 spiro atoms. The molecule has 2 N–H and O–H groups in total. The van der Waals surface area contributed by atoms with Gasteiger partial charge < -0.3 is 9.63 Å². The summed E-state index contributed by atoms with van der Waals surface area (Å²) in [6.07, 6.45) is 3.67. The van der Waals surface area contributed by atoms with Gasteiger partial charge in [-0.1, -0.05) is 29.1 Å². The fourth-order valence-electron chi connectivity index (χ4n) is 1.52. The summed E-state index contributed by atoms with van der Waals surface area (Å²) < 4.78 is 4.94. The maximum absolute atomic E-state index is 8.93. The number of aliphatic hydroxyl groups excluding tert-OH is 1. The lowest BCUT2D eigenvalue weighted by Crippen LogP contribution is -2.12. The first-order chi connectivity index (χ1) is 9.76. The molecule has 0 amide bonds. The number of hydrogen-bond acceptors (Lipinski definition) is 6. The van der Waals surface area contributed by atoms with Crippen LogP contribution in [0, 0.1) is 11.5 Å². The number of nitrogens with one attached hydrogen (secondary N) is 1. The van der Waals surface area contributed by atoms with Crippen LogP contribution in [-0.2, 0) is 6.61 Å². The molecular weight excluding hydrogens is 276 g/mol. The van der Waals surface area contributed by atoms with Crippen molar-refractivity contribution in [2.75, 3.05) is 6.26 Å². The molecular formula is C13H12N4O2S. The molecule has 2 rings (SSSR count). The molecule has 0 atom stereocenters. The van der Waals surface area contributed by atoms with Gasteiger partial charge in [0, 0.05) is 11.6 Å². The van der Waals surface area contributed by atoms with Gasteiger partial charge in [-0.2, -0.15) is 5.26 Å². The van der Waals surface area contributed by atoms with Gasteiger partial charge in [0.1, 0.15) is 12.3 Å². The summed E-state index contributed by atoms with van der Waals surface area (Å²) >= 11 is 1.36. The molecule has 0 saturated carbocycles. The van der Waals surface area contributed by atoms with Crippen molar-refractivity contribution >= 4 is 22.6 Å². The summed E-state index contributed by atoms with van der Waals surface area (Å²) in [5, 5.41) is 24.4. The molecule has 102 valence electrons. The van der Waals surface area contributed by atoms with Gasteiger partial charge in [0.05, 0.1) is 5.69 Å². The lowest BCUT2D eigenvalue weighted by atomic mass is 10.1.